The van der Waals surface area contributed by atoms with Gasteiger partial charge in [-0.05, 0) is 50.9 Å². The number of aryl methyl sites for hydroxylation is 3. The Balaban J connectivity index is 1.87. The molecule has 5 heteroatoms. The number of nitrogens with zero attached hydrogens (tertiary/aromatic N) is 1. The first-order valence-electron chi connectivity index (χ1n) is 9.70. The van der Waals surface area contributed by atoms with Gasteiger partial charge < -0.3 is 10.6 Å². The Morgan fingerprint density at radius 1 is 0.929 bits per heavy atom. The molecule has 2 N–H and O–H groups in total. The van der Waals surface area contributed by atoms with Crippen LogP contribution in [-0.2, 0) is 9.59 Å². The van der Waals surface area contributed by atoms with Gasteiger partial charge in [-0.1, -0.05) is 55.0 Å². The van der Waals surface area contributed by atoms with Gasteiger partial charge in [0.25, 0.3) is 0 Å². The summed E-state index contributed by atoms with van der Waals surface area (Å²) >= 11 is 0. The summed E-state index contributed by atoms with van der Waals surface area (Å²) in [5.74, 6) is -0.215. The van der Waals surface area contributed by atoms with Gasteiger partial charge in [0, 0.05) is 5.69 Å². The molecule has 1 atom stereocenters. The van der Waals surface area contributed by atoms with Crippen molar-refractivity contribution in [1.29, 1.82) is 0 Å². The van der Waals surface area contributed by atoms with E-state index in [-0.39, 0.29) is 30.9 Å². The zero-order valence-corrected chi connectivity index (χ0v) is 17.5. The van der Waals surface area contributed by atoms with Crippen molar-refractivity contribution in [1.82, 2.24) is 10.2 Å². The number of amides is 2. The third-order valence-corrected chi connectivity index (χ3v) is 4.80. The second kappa shape index (κ2) is 10.0. The van der Waals surface area contributed by atoms with E-state index in [4.69, 9.17) is 0 Å². The second-order valence-corrected chi connectivity index (χ2v) is 7.43. The van der Waals surface area contributed by atoms with E-state index in [9.17, 15) is 9.59 Å². The summed E-state index contributed by atoms with van der Waals surface area (Å²) in [6.07, 6.45) is 0.811. The van der Waals surface area contributed by atoms with Crippen LogP contribution in [0.3, 0.4) is 0 Å². The van der Waals surface area contributed by atoms with Gasteiger partial charge in [0.2, 0.25) is 11.8 Å². The smallest absolute Gasteiger partial charge is 0.238 e. The molecular weight excluding hydrogens is 350 g/mol. The Kier molecular flexibility index (Phi) is 7.76. The minimum absolute atomic E-state index is 0.0232. The molecule has 0 aliphatic heterocycles. The molecule has 0 saturated heterocycles. The first kappa shape index (κ1) is 21.6. The van der Waals surface area contributed by atoms with Crippen LogP contribution in [0.4, 0.5) is 5.69 Å². The quantitative estimate of drug-likeness (QED) is 0.732. The largest absolute Gasteiger partial charge is 0.348 e. The number of hydrogen-bond donors (Lipinski definition) is 2. The van der Waals surface area contributed by atoms with Crippen molar-refractivity contribution < 1.29 is 9.59 Å². The van der Waals surface area contributed by atoms with E-state index in [2.05, 4.69) is 10.6 Å². The van der Waals surface area contributed by atoms with Crippen LogP contribution < -0.4 is 10.6 Å². The molecule has 2 rings (SSSR count). The molecule has 2 amide bonds. The van der Waals surface area contributed by atoms with E-state index in [0.717, 1.165) is 28.8 Å². The van der Waals surface area contributed by atoms with Crippen molar-refractivity contribution in [2.45, 2.75) is 40.2 Å². The number of para-hydroxylation sites is 1. The molecule has 0 fully saturated rings. The molecule has 2 aromatic carbocycles. The summed E-state index contributed by atoms with van der Waals surface area (Å²) in [6.45, 7) is 8.35. The van der Waals surface area contributed by atoms with Crippen LogP contribution in [0.1, 0.15) is 41.6 Å². The fraction of sp³-hybridized carbons (Fsp3) is 0.391. The molecule has 1 unspecified atom stereocenters. The molecule has 2 aromatic rings. The maximum atomic E-state index is 12.4. The zero-order chi connectivity index (χ0) is 20.7. The molecule has 0 heterocycles. The SMILES string of the molecule is CCC(NC(=O)CN(C)CC(=O)Nc1c(C)cccc1C)c1ccc(C)cc1. The van der Waals surface area contributed by atoms with Crippen LogP contribution >= 0.6 is 0 Å². The predicted octanol–water partition coefficient (Wildman–Crippen LogP) is 3.75. The lowest BCUT2D eigenvalue weighted by molar-refractivity contribution is -0.123. The third-order valence-electron chi connectivity index (χ3n) is 4.80. The fourth-order valence-corrected chi connectivity index (χ4v) is 3.20. The molecule has 0 spiro atoms. The normalized spacial score (nSPS) is 11.9. The van der Waals surface area contributed by atoms with Gasteiger partial charge in [-0.2, -0.15) is 0 Å². The Morgan fingerprint density at radius 3 is 2.07 bits per heavy atom. The molecule has 0 aromatic heterocycles. The molecule has 0 aliphatic carbocycles. The van der Waals surface area contributed by atoms with Crippen molar-refractivity contribution >= 4 is 17.5 Å². The summed E-state index contributed by atoms with van der Waals surface area (Å²) in [6, 6.07) is 14.1. The van der Waals surface area contributed by atoms with E-state index in [1.54, 1.807) is 11.9 Å². The van der Waals surface area contributed by atoms with Gasteiger partial charge >= 0.3 is 0 Å². The molecule has 0 radical (unpaired) electrons. The van der Waals surface area contributed by atoms with Gasteiger partial charge in [-0.15, -0.1) is 0 Å². The highest BCUT2D eigenvalue weighted by Gasteiger charge is 2.16. The first-order valence-corrected chi connectivity index (χ1v) is 9.70. The van der Waals surface area contributed by atoms with Crippen molar-refractivity contribution in [2.24, 2.45) is 0 Å². The molecule has 150 valence electrons. The highest BCUT2D eigenvalue weighted by molar-refractivity contribution is 5.94. The number of rotatable bonds is 8. The van der Waals surface area contributed by atoms with Crippen LogP contribution in [0.15, 0.2) is 42.5 Å². The van der Waals surface area contributed by atoms with Crippen LogP contribution in [0.25, 0.3) is 0 Å². The van der Waals surface area contributed by atoms with Gasteiger partial charge in [-0.25, -0.2) is 0 Å². The van der Waals surface area contributed by atoms with Gasteiger partial charge in [0.15, 0.2) is 0 Å². The number of likely N-dealkylation sites (N-methyl/N-ethyl adjacent to an activating group) is 1. The van der Waals surface area contributed by atoms with Crippen molar-refractivity contribution in [3.8, 4) is 0 Å². The Labute approximate surface area is 168 Å². The molecule has 0 bridgehead atoms. The van der Waals surface area contributed by atoms with Crippen molar-refractivity contribution in [3.05, 3.63) is 64.7 Å². The summed E-state index contributed by atoms with van der Waals surface area (Å²) < 4.78 is 0. The van der Waals surface area contributed by atoms with Crippen molar-refractivity contribution in [2.75, 3.05) is 25.5 Å². The van der Waals surface area contributed by atoms with Gasteiger partial charge in [0.1, 0.15) is 0 Å². The molecule has 28 heavy (non-hydrogen) atoms. The fourth-order valence-electron chi connectivity index (χ4n) is 3.20. The first-order chi connectivity index (χ1) is 13.3. The maximum absolute atomic E-state index is 12.4. The van der Waals surface area contributed by atoms with Crippen LogP contribution in [-0.4, -0.2) is 36.9 Å². The minimum Gasteiger partial charge on any atom is -0.348 e. The third kappa shape index (κ3) is 6.20. The number of anilines is 1. The molecule has 0 aliphatic rings. The van der Waals surface area contributed by atoms with Gasteiger partial charge in [-0.3, -0.25) is 14.5 Å². The van der Waals surface area contributed by atoms with Crippen LogP contribution in [0.2, 0.25) is 0 Å². The van der Waals surface area contributed by atoms with E-state index in [1.807, 2.05) is 70.2 Å². The Morgan fingerprint density at radius 2 is 1.50 bits per heavy atom. The molecule has 5 nitrogen and oxygen atoms in total. The summed E-state index contributed by atoms with van der Waals surface area (Å²) in [5.41, 5.74) is 5.18. The highest BCUT2D eigenvalue weighted by atomic mass is 16.2. The number of benzene rings is 2. The second-order valence-electron chi connectivity index (χ2n) is 7.43. The molecular formula is C23H31N3O2. The summed E-state index contributed by atoms with van der Waals surface area (Å²) in [7, 11) is 1.77. The Hall–Kier alpha value is -2.66. The van der Waals surface area contributed by atoms with Crippen molar-refractivity contribution in [3.63, 3.8) is 0 Å². The van der Waals surface area contributed by atoms with E-state index < -0.39 is 0 Å². The lowest BCUT2D eigenvalue weighted by Gasteiger charge is -2.21. The average molecular weight is 382 g/mol. The highest BCUT2D eigenvalue weighted by Crippen LogP contribution is 2.19. The predicted molar refractivity (Wildman–Crippen MR) is 114 cm³/mol. The standard InChI is InChI=1S/C23H31N3O2/c1-6-20(19-12-10-16(2)11-13-19)24-21(27)14-26(5)15-22(28)25-23-17(3)8-7-9-18(23)4/h7-13,20H,6,14-15H2,1-5H3,(H,24,27)(H,25,28). The number of carbonyl (C=O) groups is 2. The lowest BCUT2D eigenvalue weighted by Crippen LogP contribution is -2.40. The number of nitrogens with one attached hydrogen (secondary N) is 2. The van der Waals surface area contributed by atoms with E-state index >= 15 is 0 Å². The Bertz CT molecular complexity index is 795. The monoisotopic (exact) mass is 381 g/mol. The number of carbonyl (C=O) groups excluding carboxylic acids is 2. The summed E-state index contributed by atoms with van der Waals surface area (Å²) in [4.78, 5) is 26.5. The van der Waals surface area contributed by atoms with Crippen LogP contribution in [0, 0.1) is 20.8 Å². The number of hydrogen-bond acceptors (Lipinski definition) is 3. The van der Waals surface area contributed by atoms with Gasteiger partial charge in [0.05, 0.1) is 19.1 Å². The van der Waals surface area contributed by atoms with E-state index in [0.29, 0.717) is 0 Å². The lowest BCUT2D eigenvalue weighted by atomic mass is 10.0. The molecule has 0 saturated carbocycles. The minimum atomic E-state index is -0.127. The summed E-state index contributed by atoms with van der Waals surface area (Å²) in [5, 5.41) is 6.02. The van der Waals surface area contributed by atoms with Crippen LogP contribution in [0.5, 0.6) is 0 Å². The average Bonchev–Trinajstić information content (AvgIpc) is 2.63. The zero-order valence-electron chi connectivity index (χ0n) is 17.5. The topological polar surface area (TPSA) is 61.4 Å². The van der Waals surface area contributed by atoms with E-state index in [1.165, 1.54) is 5.56 Å². The maximum Gasteiger partial charge on any atom is 0.238 e.